The molecule has 168 valence electrons. The minimum Gasteiger partial charge on any atom is -0.496 e. The molecule has 2 atom stereocenters. The molecule has 1 aliphatic rings. The largest absolute Gasteiger partial charge is 0.496 e. The monoisotopic (exact) mass is 453 g/mol. The molecule has 0 saturated carbocycles. The minimum absolute atomic E-state index is 0.180. The Labute approximate surface area is 192 Å². The lowest BCUT2D eigenvalue weighted by molar-refractivity contribution is 0.101. The van der Waals surface area contributed by atoms with Crippen LogP contribution in [-0.4, -0.2) is 50.9 Å². The van der Waals surface area contributed by atoms with Crippen LogP contribution >= 0.6 is 11.6 Å². The lowest BCUT2D eigenvalue weighted by Gasteiger charge is -2.44. The highest BCUT2D eigenvalue weighted by Gasteiger charge is 2.36. The summed E-state index contributed by atoms with van der Waals surface area (Å²) in [6.45, 7) is 9.84. The van der Waals surface area contributed by atoms with Gasteiger partial charge in [0, 0.05) is 41.2 Å². The van der Waals surface area contributed by atoms with Crippen molar-refractivity contribution in [3.8, 4) is 11.8 Å². The van der Waals surface area contributed by atoms with Gasteiger partial charge in [-0.3, -0.25) is 4.90 Å². The van der Waals surface area contributed by atoms with Crippen molar-refractivity contribution < 1.29 is 4.74 Å². The molecule has 1 saturated heterocycles. The molecule has 4 rings (SSSR count). The summed E-state index contributed by atoms with van der Waals surface area (Å²) < 4.78 is 7.83. The zero-order chi connectivity index (χ0) is 23.2. The summed E-state index contributed by atoms with van der Waals surface area (Å²) >= 11 is 6.71. The number of methoxy groups -OCH3 is 1. The molecule has 0 aliphatic carbocycles. The molecule has 9 heteroatoms. The fraction of sp³-hybridized carbons (Fsp3) is 0.478. The molecule has 0 bridgehead atoms. The van der Waals surface area contributed by atoms with E-state index in [2.05, 4.69) is 34.8 Å². The number of nitrogens with zero attached hydrogens (tertiary/aromatic N) is 6. The van der Waals surface area contributed by atoms with E-state index in [0.29, 0.717) is 28.8 Å². The van der Waals surface area contributed by atoms with Crippen molar-refractivity contribution in [1.82, 2.24) is 24.6 Å². The van der Waals surface area contributed by atoms with Crippen molar-refractivity contribution in [1.29, 1.82) is 5.26 Å². The molecule has 32 heavy (non-hydrogen) atoms. The third-order valence-corrected chi connectivity index (χ3v) is 6.99. The van der Waals surface area contributed by atoms with Crippen molar-refractivity contribution in [2.24, 2.45) is 0 Å². The first kappa shape index (κ1) is 22.3. The van der Waals surface area contributed by atoms with E-state index in [9.17, 15) is 0 Å². The van der Waals surface area contributed by atoms with Gasteiger partial charge in [0.2, 0.25) is 0 Å². The van der Waals surface area contributed by atoms with Crippen molar-refractivity contribution in [3.05, 3.63) is 39.8 Å². The fourth-order valence-corrected chi connectivity index (χ4v) is 4.90. The highest BCUT2D eigenvalue weighted by molar-refractivity contribution is 6.31. The van der Waals surface area contributed by atoms with Crippen LogP contribution in [0, 0.1) is 25.2 Å². The van der Waals surface area contributed by atoms with Crippen LogP contribution in [0.2, 0.25) is 5.02 Å². The number of benzene rings is 1. The number of halogens is 1. The Bertz CT molecular complexity index is 1210. The number of aromatic nitrogens is 4. The SMILES string of the molecule is COc1c(C(C)n2nc(C)c3c(N)ncnc32)cc(Cl)c(C)c1C1CN(C(C)CC#N)C1. The maximum Gasteiger partial charge on any atom is 0.164 e. The predicted molar refractivity (Wildman–Crippen MR) is 125 cm³/mol. The molecule has 1 aliphatic heterocycles. The van der Waals surface area contributed by atoms with Crippen LogP contribution in [-0.2, 0) is 0 Å². The summed E-state index contributed by atoms with van der Waals surface area (Å²) in [7, 11) is 1.70. The molecule has 2 N–H and O–H groups in total. The Morgan fingerprint density at radius 2 is 2.03 bits per heavy atom. The van der Waals surface area contributed by atoms with Crippen molar-refractivity contribution in [2.75, 3.05) is 25.9 Å². The molecule has 2 aromatic heterocycles. The Hall–Kier alpha value is -2.89. The zero-order valence-corrected chi connectivity index (χ0v) is 19.8. The summed E-state index contributed by atoms with van der Waals surface area (Å²) in [6, 6.07) is 4.28. The Kier molecular flexibility index (Phi) is 5.97. The number of hydrogen-bond acceptors (Lipinski definition) is 7. The molecule has 3 heterocycles. The molecule has 8 nitrogen and oxygen atoms in total. The maximum atomic E-state index is 9.01. The topological polar surface area (TPSA) is 106 Å². The molecule has 3 aromatic rings. The van der Waals surface area contributed by atoms with Crippen LogP contribution in [0.1, 0.15) is 54.6 Å². The second-order valence-electron chi connectivity index (χ2n) is 8.55. The third kappa shape index (κ3) is 3.55. The summed E-state index contributed by atoms with van der Waals surface area (Å²) in [6.07, 6.45) is 1.98. The number of fused-ring (bicyclic) bond motifs is 1. The van der Waals surface area contributed by atoms with Gasteiger partial charge in [-0.05, 0) is 39.3 Å². The minimum atomic E-state index is -0.180. The number of likely N-dealkylation sites (tertiary alicyclic amines) is 1. The number of aryl methyl sites for hydroxylation is 1. The molecule has 1 aromatic carbocycles. The molecular formula is C23H28ClN7O. The lowest BCUT2D eigenvalue weighted by atomic mass is 9.84. The number of anilines is 1. The van der Waals surface area contributed by atoms with E-state index in [0.717, 1.165) is 46.6 Å². The standard InChI is InChI=1S/C23H28ClN7O/c1-12(6-7-25)30-9-16(10-30)19-13(2)18(24)8-17(21(19)32-5)15(4)31-23-20(14(3)29-31)22(26)27-11-28-23/h8,11-12,15-16H,6,9-10H2,1-5H3,(H2,26,27,28). The first-order chi connectivity index (χ1) is 15.3. The average molecular weight is 454 g/mol. The number of nitriles is 1. The Morgan fingerprint density at radius 1 is 1.31 bits per heavy atom. The average Bonchev–Trinajstić information content (AvgIpc) is 3.07. The van der Waals surface area contributed by atoms with E-state index in [-0.39, 0.29) is 12.1 Å². The normalized spacial score (nSPS) is 16.5. The smallest absolute Gasteiger partial charge is 0.164 e. The van der Waals surface area contributed by atoms with E-state index >= 15 is 0 Å². The number of hydrogen-bond donors (Lipinski definition) is 1. The summed E-state index contributed by atoms with van der Waals surface area (Å²) in [5, 5.41) is 15.2. The molecule has 2 unspecified atom stereocenters. The van der Waals surface area contributed by atoms with Crippen LogP contribution < -0.4 is 10.5 Å². The Morgan fingerprint density at radius 3 is 2.69 bits per heavy atom. The summed E-state index contributed by atoms with van der Waals surface area (Å²) in [5.41, 5.74) is 10.7. The van der Waals surface area contributed by atoms with Gasteiger partial charge in [0.25, 0.3) is 0 Å². The quantitative estimate of drug-likeness (QED) is 0.601. The van der Waals surface area contributed by atoms with Crippen LogP contribution in [0.3, 0.4) is 0 Å². The van der Waals surface area contributed by atoms with Crippen LogP contribution in [0.25, 0.3) is 11.0 Å². The number of nitrogen functional groups attached to an aromatic ring is 1. The van der Waals surface area contributed by atoms with Crippen LogP contribution in [0.4, 0.5) is 5.82 Å². The van der Waals surface area contributed by atoms with E-state index < -0.39 is 0 Å². The first-order valence-corrected chi connectivity index (χ1v) is 11.1. The van der Waals surface area contributed by atoms with Crippen molar-refractivity contribution >= 4 is 28.5 Å². The van der Waals surface area contributed by atoms with E-state index in [4.69, 9.17) is 32.4 Å². The van der Waals surface area contributed by atoms with Crippen molar-refractivity contribution in [3.63, 3.8) is 0 Å². The number of rotatable bonds is 6. The van der Waals surface area contributed by atoms with E-state index in [1.807, 2.05) is 24.6 Å². The molecule has 0 spiro atoms. The van der Waals surface area contributed by atoms with Gasteiger partial charge < -0.3 is 10.5 Å². The number of ether oxygens (including phenoxy) is 1. The second kappa shape index (κ2) is 8.57. The third-order valence-electron chi connectivity index (χ3n) is 6.59. The van der Waals surface area contributed by atoms with E-state index in [1.165, 1.54) is 6.33 Å². The Balaban J connectivity index is 1.77. The molecular weight excluding hydrogens is 426 g/mol. The second-order valence-corrected chi connectivity index (χ2v) is 8.95. The predicted octanol–water partition coefficient (Wildman–Crippen LogP) is 4.00. The molecule has 1 fully saturated rings. The highest BCUT2D eigenvalue weighted by atomic mass is 35.5. The molecule has 0 radical (unpaired) electrons. The van der Waals surface area contributed by atoms with Gasteiger partial charge in [0.15, 0.2) is 5.65 Å². The lowest BCUT2D eigenvalue weighted by Crippen LogP contribution is -2.49. The summed E-state index contributed by atoms with van der Waals surface area (Å²) in [5.74, 6) is 1.55. The van der Waals surface area contributed by atoms with Gasteiger partial charge in [-0.15, -0.1) is 0 Å². The maximum absolute atomic E-state index is 9.01. The molecule has 0 amide bonds. The zero-order valence-electron chi connectivity index (χ0n) is 19.1. The van der Waals surface area contributed by atoms with Gasteiger partial charge in [-0.1, -0.05) is 11.6 Å². The first-order valence-electron chi connectivity index (χ1n) is 10.7. The van der Waals surface area contributed by atoms with Crippen molar-refractivity contribution in [2.45, 2.75) is 52.1 Å². The van der Waals surface area contributed by atoms with Crippen LogP contribution in [0.15, 0.2) is 12.4 Å². The fourth-order valence-electron chi connectivity index (χ4n) is 4.68. The van der Waals surface area contributed by atoms with Gasteiger partial charge in [-0.2, -0.15) is 10.4 Å². The van der Waals surface area contributed by atoms with Gasteiger partial charge in [0.1, 0.15) is 17.9 Å². The van der Waals surface area contributed by atoms with Gasteiger partial charge >= 0.3 is 0 Å². The number of nitrogens with two attached hydrogens (primary N) is 1. The highest BCUT2D eigenvalue weighted by Crippen LogP contribution is 2.44. The van der Waals surface area contributed by atoms with Gasteiger partial charge in [0.05, 0.1) is 36.7 Å². The van der Waals surface area contributed by atoms with Gasteiger partial charge in [-0.25, -0.2) is 14.6 Å². The summed E-state index contributed by atoms with van der Waals surface area (Å²) in [4.78, 5) is 10.9. The van der Waals surface area contributed by atoms with E-state index in [1.54, 1.807) is 7.11 Å². The van der Waals surface area contributed by atoms with Crippen LogP contribution in [0.5, 0.6) is 5.75 Å².